The highest BCUT2D eigenvalue weighted by Crippen LogP contribution is 2.16. The molecule has 0 saturated carbocycles. The first-order chi connectivity index (χ1) is 6.18. The Labute approximate surface area is 84.5 Å². The molecule has 1 aromatic carbocycles. The van der Waals surface area contributed by atoms with Crippen LogP contribution in [0.1, 0.15) is 18.9 Å². The van der Waals surface area contributed by atoms with Gasteiger partial charge in [-0.1, -0.05) is 54.1 Å². The van der Waals surface area contributed by atoms with Crippen molar-refractivity contribution in [2.45, 2.75) is 13.3 Å². The van der Waals surface area contributed by atoms with Crippen molar-refractivity contribution in [3.8, 4) is 0 Å². The highest BCUT2D eigenvalue weighted by molar-refractivity contribution is 6.31. The molecule has 0 bridgehead atoms. The second kappa shape index (κ2) is 4.88. The van der Waals surface area contributed by atoms with E-state index < -0.39 is 0 Å². The summed E-state index contributed by atoms with van der Waals surface area (Å²) < 4.78 is 0. The van der Waals surface area contributed by atoms with Crippen LogP contribution in [0.2, 0.25) is 0 Å². The summed E-state index contributed by atoms with van der Waals surface area (Å²) in [5.74, 6) is 0. The summed E-state index contributed by atoms with van der Waals surface area (Å²) in [7, 11) is 0. The van der Waals surface area contributed by atoms with Crippen LogP contribution in [-0.4, -0.2) is 0 Å². The van der Waals surface area contributed by atoms with E-state index in [9.17, 15) is 0 Å². The van der Waals surface area contributed by atoms with Gasteiger partial charge in [-0.05, 0) is 18.6 Å². The smallest absolute Gasteiger partial charge is 0.0227 e. The molecule has 0 aliphatic heterocycles. The molecule has 0 aliphatic carbocycles. The van der Waals surface area contributed by atoms with Crippen LogP contribution in [-0.2, 0) is 0 Å². The molecule has 0 atom stereocenters. The molecule has 0 spiro atoms. The van der Waals surface area contributed by atoms with Crippen molar-refractivity contribution in [1.29, 1.82) is 0 Å². The molecule has 68 valence electrons. The van der Waals surface area contributed by atoms with Crippen molar-refractivity contribution < 1.29 is 0 Å². The van der Waals surface area contributed by atoms with Crippen molar-refractivity contribution in [2.24, 2.45) is 0 Å². The fraction of sp³-hybridized carbons (Fsp3) is 0.167. The highest BCUT2D eigenvalue weighted by Gasteiger charge is 1.93. The molecule has 13 heavy (non-hydrogen) atoms. The number of hydrogen-bond donors (Lipinski definition) is 0. The van der Waals surface area contributed by atoms with Crippen molar-refractivity contribution in [1.82, 2.24) is 0 Å². The Hall–Kier alpha value is -1.01. The number of halogens is 1. The SMILES string of the molecule is C=C(C)C/C(Cl)=C/c1ccccc1. The van der Waals surface area contributed by atoms with Crippen molar-refractivity contribution >= 4 is 17.7 Å². The molecule has 1 aromatic rings. The summed E-state index contributed by atoms with van der Waals surface area (Å²) in [5.41, 5.74) is 2.21. The third-order valence-electron chi connectivity index (χ3n) is 1.59. The van der Waals surface area contributed by atoms with Gasteiger partial charge in [-0.25, -0.2) is 0 Å². The topological polar surface area (TPSA) is 0 Å². The Morgan fingerprint density at radius 2 is 2.00 bits per heavy atom. The Bertz CT molecular complexity index is 309. The predicted molar refractivity (Wildman–Crippen MR) is 59.7 cm³/mol. The van der Waals surface area contributed by atoms with E-state index in [1.165, 1.54) is 0 Å². The predicted octanol–water partition coefficient (Wildman–Crippen LogP) is 4.23. The maximum atomic E-state index is 6.01. The molecule has 0 aromatic heterocycles. The fourth-order valence-electron chi connectivity index (χ4n) is 1.07. The minimum atomic E-state index is 0.760. The standard InChI is InChI=1S/C12H13Cl/c1-10(2)8-12(13)9-11-6-4-3-5-7-11/h3-7,9H,1,8H2,2H3/b12-9-. The van der Waals surface area contributed by atoms with E-state index in [-0.39, 0.29) is 0 Å². The quantitative estimate of drug-likeness (QED) is 0.629. The molecule has 1 heteroatoms. The van der Waals surface area contributed by atoms with Gasteiger partial charge in [0.25, 0.3) is 0 Å². The average molecular weight is 193 g/mol. The number of hydrogen-bond acceptors (Lipinski definition) is 0. The minimum absolute atomic E-state index is 0.760. The summed E-state index contributed by atoms with van der Waals surface area (Å²) in [4.78, 5) is 0. The maximum Gasteiger partial charge on any atom is 0.0227 e. The van der Waals surface area contributed by atoms with Crippen LogP contribution < -0.4 is 0 Å². The molecule has 0 radical (unpaired) electrons. The second-order valence-corrected chi connectivity index (χ2v) is 3.62. The number of rotatable bonds is 3. The second-order valence-electron chi connectivity index (χ2n) is 3.14. The van der Waals surface area contributed by atoms with E-state index in [4.69, 9.17) is 11.6 Å². The maximum absolute atomic E-state index is 6.01. The summed E-state index contributed by atoms with van der Waals surface area (Å²) in [6.07, 6.45) is 2.73. The summed E-state index contributed by atoms with van der Waals surface area (Å²) >= 11 is 6.01. The van der Waals surface area contributed by atoms with Crippen LogP contribution >= 0.6 is 11.6 Å². The van der Waals surface area contributed by atoms with Gasteiger partial charge in [-0.3, -0.25) is 0 Å². The van der Waals surface area contributed by atoms with Gasteiger partial charge in [0.1, 0.15) is 0 Å². The minimum Gasteiger partial charge on any atom is -0.0998 e. The first-order valence-electron chi connectivity index (χ1n) is 4.24. The van der Waals surface area contributed by atoms with Crippen LogP contribution in [0.3, 0.4) is 0 Å². The van der Waals surface area contributed by atoms with Crippen molar-refractivity contribution in [2.75, 3.05) is 0 Å². The van der Waals surface area contributed by atoms with Crippen LogP contribution in [0.4, 0.5) is 0 Å². The zero-order valence-corrected chi connectivity index (χ0v) is 8.51. The van der Waals surface area contributed by atoms with Gasteiger partial charge in [0, 0.05) is 11.5 Å². The molecular formula is C12H13Cl. The van der Waals surface area contributed by atoms with Gasteiger partial charge in [0.05, 0.1) is 0 Å². The summed E-state index contributed by atoms with van der Waals surface area (Å²) in [6.45, 7) is 5.78. The lowest BCUT2D eigenvalue weighted by Gasteiger charge is -1.97. The Balaban J connectivity index is 2.71. The van der Waals surface area contributed by atoms with E-state index in [1.807, 2.05) is 43.3 Å². The van der Waals surface area contributed by atoms with E-state index in [2.05, 4.69) is 6.58 Å². The van der Waals surface area contributed by atoms with Gasteiger partial charge < -0.3 is 0 Å². The third kappa shape index (κ3) is 3.95. The molecule has 0 amide bonds. The molecular weight excluding hydrogens is 180 g/mol. The zero-order valence-electron chi connectivity index (χ0n) is 7.76. The first kappa shape index (κ1) is 10.1. The van der Waals surface area contributed by atoms with Crippen LogP contribution in [0, 0.1) is 0 Å². The van der Waals surface area contributed by atoms with Gasteiger partial charge in [0.15, 0.2) is 0 Å². The Morgan fingerprint density at radius 3 is 2.54 bits per heavy atom. The summed E-state index contributed by atoms with van der Waals surface area (Å²) in [6, 6.07) is 10.0. The molecule has 0 nitrogen and oxygen atoms in total. The Morgan fingerprint density at radius 1 is 1.38 bits per heavy atom. The van der Waals surface area contributed by atoms with Crippen LogP contribution in [0.25, 0.3) is 6.08 Å². The average Bonchev–Trinajstić information content (AvgIpc) is 2.04. The van der Waals surface area contributed by atoms with E-state index in [0.717, 1.165) is 22.6 Å². The lowest BCUT2D eigenvalue weighted by Crippen LogP contribution is -1.76. The molecule has 0 heterocycles. The molecule has 0 fully saturated rings. The largest absolute Gasteiger partial charge is 0.0998 e. The molecule has 0 saturated heterocycles. The monoisotopic (exact) mass is 192 g/mol. The first-order valence-corrected chi connectivity index (χ1v) is 4.62. The zero-order chi connectivity index (χ0) is 9.68. The third-order valence-corrected chi connectivity index (χ3v) is 1.84. The molecule has 0 aliphatic rings. The van der Waals surface area contributed by atoms with Gasteiger partial charge in [-0.2, -0.15) is 0 Å². The van der Waals surface area contributed by atoms with Crippen LogP contribution in [0.5, 0.6) is 0 Å². The normalized spacial score (nSPS) is 11.4. The summed E-state index contributed by atoms with van der Waals surface area (Å²) in [5, 5.41) is 0.832. The van der Waals surface area contributed by atoms with E-state index in [1.54, 1.807) is 0 Å². The van der Waals surface area contributed by atoms with E-state index >= 15 is 0 Å². The number of benzene rings is 1. The van der Waals surface area contributed by atoms with Crippen LogP contribution in [0.15, 0.2) is 47.5 Å². The van der Waals surface area contributed by atoms with Crippen molar-refractivity contribution in [3.63, 3.8) is 0 Å². The highest BCUT2D eigenvalue weighted by atomic mass is 35.5. The van der Waals surface area contributed by atoms with Gasteiger partial charge in [0.2, 0.25) is 0 Å². The molecule has 0 N–H and O–H groups in total. The Kier molecular flexibility index (Phi) is 3.78. The molecule has 1 rings (SSSR count). The number of allylic oxidation sites excluding steroid dienone is 2. The van der Waals surface area contributed by atoms with Gasteiger partial charge in [-0.15, -0.1) is 0 Å². The van der Waals surface area contributed by atoms with E-state index in [0.29, 0.717) is 0 Å². The fourth-order valence-corrected chi connectivity index (χ4v) is 1.42. The lowest BCUT2D eigenvalue weighted by atomic mass is 10.1. The molecule has 0 unspecified atom stereocenters. The lowest BCUT2D eigenvalue weighted by molar-refractivity contribution is 1.21. The van der Waals surface area contributed by atoms with Gasteiger partial charge >= 0.3 is 0 Å². The van der Waals surface area contributed by atoms with Crippen molar-refractivity contribution in [3.05, 3.63) is 53.1 Å².